The van der Waals surface area contributed by atoms with Crippen LogP contribution < -0.4 is 0 Å². The maximum Gasteiger partial charge on any atom is 0.119 e. The van der Waals surface area contributed by atoms with Gasteiger partial charge >= 0.3 is 0 Å². The molecular formula is C11H22N2O. The van der Waals surface area contributed by atoms with E-state index in [1.807, 2.05) is 0 Å². The first kappa shape index (κ1) is 11.7. The quantitative estimate of drug-likeness (QED) is 0.470. The van der Waals surface area contributed by atoms with Crippen LogP contribution in [0.3, 0.4) is 0 Å². The van der Waals surface area contributed by atoms with Gasteiger partial charge in [0.2, 0.25) is 0 Å². The molecule has 1 aliphatic heterocycles. The number of rotatable bonds is 6. The molecule has 0 bridgehead atoms. The third kappa shape index (κ3) is 4.72. The number of hydrogen-bond donors (Lipinski definition) is 0. The van der Waals surface area contributed by atoms with Crippen LogP contribution in [0.1, 0.15) is 25.7 Å². The molecule has 3 nitrogen and oxygen atoms in total. The fourth-order valence-corrected chi connectivity index (χ4v) is 1.81. The van der Waals surface area contributed by atoms with Gasteiger partial charge in [0.15, 0.2) is 0 Å². The smallest absolute Gasteiger partial charge is 0.119 e. The van der Waals surface area contributed by atoms with E-state index >= 15 is 0 Å². The summed E-state index contributed by atoms with van der Waals surface area (Å²) in [5, 5.41) is 0. The third-order valence-corrected chi connectivity index (χ3v) is 2.89. The zero-order valence-electron chi connectivity index (χ0n) is 9.24. The zero-order valence-corrected chi connectivity index (χ0v) is 9.24. The van der Waals surface area contributed by atoms with Gasteiger partial charge in [-0.2, -0.15) is 0 Å². The van der Waals surface area contributed by atoms with Crippen LogP contribution in [-0.4, -0.2) is 55.9 Å². The lowest BCUT2D eigenvalue weighted by Crippen LogP contribution is -2.44. The van der Waals surface area contributed by atoms with Crippen LogP contribution in [0.2, 0.25) is 0 Å². The summed E-state index contributed by atoms with van der Waals surface area (Å²) in [7, 11) is 2.18. The van der Waals surface area contributed by atoms with Gasteiger partial charge in [0.25, 0.3) is 0 Å². The number of carbonyl (C=O) groups is 1. The van der Waals surface area contributed by atoms with E-state index in [4.69, 9.17) is 0 Å². The van der Waals surface area contributed by atoms with Crippen molar-refractivity contribution in [2.75, 3.05) is 39.8 Å². The van der Waals surface area contributed by atoms with Crippen molar-refractivity contribution in [3.63, 3.8) is 0 Å². The highest BCUT2D eigenvalue weighted by molar-refractivity contribution is 5.48. The summed E-state index contributed by atoms with van der Waals surface area (Å²) in [5.74, 6) is 0. The van der Waals surface area contributed by atoms with E-state index < -0.39 is 0 Å². The van der Waals surface area contributed by atoms with Crippen molar-refractivity contribution < 1.29 is 4.79 Å². The molecule has 0 saturated carbocycles. The molecule has 0 N–H and O–H groups in total. The molecule has 0 aromatic carbocycles. The van der Waals surface area contributed by atoms with Crippen molar-refractivity contribution >= 4 is 6.29 Å². The first-order chi connectivity index (χ1) is 6.83. The highest BCUT2D eigenvalue weighted by Gasteiger charge is 2.12. The molecular weight excluding hydrogens is 176 g/mol. The molecule has 0 atom stereocenters. The molecule has 0 radical (unpaired) electrons. The number of aldehydes is 1. The summed E-state index contributed by atoms with van der Waals surface area (Å²) in [6, 6.07) is 0. The highest BCUT2D eigenvalue weighted by atomic mass is 16.1. The topological polar surface area (TPSA) is 23.6 Å². The van der Waals surface area contributed by atoms with Crippen molar-refractivity contribution in [2.24, 2.45) is 0 Å². The minimum absolute atomic E-state index is 0.739. The van der Waals surface area contributed by atoms with Gasteiger partial charge in [-0.15, -0.1) is 0 Å². The van der Waals surface area contributed by atoms with Crippen LogP contribution >= 0.6 is 0 Å². The van der Waals surface area contributed by atoms with E-state index in [0.29, 0.717) is 0 Å². The first-order valence-electron chi connectivity index (χ1n) is 5.67. The van der Waals surface area contributed by atoms with Crippen LogP contribution in [0.25, 0.3) is 0 Å². The molecule has 0 aromatic heterocycles. The Labute approximate surface area is 87.1 Å². The van der Waals surface area contributed by atoms with Gasteiger partial charge in [0.1, 0.15) is 6.29 Å². The van der Waals surface area contributed by atoms with E-state index in [-0.39, 0.29) is 0 Å². The van der Waals surface area contributed by atoms with Gasteiger partial charge in [-0.3, -0.25) is 0 Å². The van der Waals surface area contributed by atoms with Crippen molar-refractivity contribution in [2.45, 2.75) is 25.7 Å². The second kappa shape index (κ2) is 6.96. The molecule has 1 saturated heterocycles. The Morgan fingerprint density at radius 3 is 2.43 bits per heavy atom. The standard InChI is InChI=1S/C11H22N2O/c1-12-7-9-13(10-8-12)6-4-2-3-5-11-14/h11H,2-10H2,1H3. The van der Waals surface area contributed by atoms with Crippen molar-refractivity contribution in [3.8, 4) is 0 Å². The summed E-state index contributed by atoms with van der Waals surface area (Å²) >= 11 is 0. The number of piperazine rings is 1. The number of likely N-dealkylation sites (N-methyl/N-ethyl adjacent to an activating group) is 1. The molecule has 14 heavy (non-hydrogen) atoms. The molecule has 0 aliphatic carbocycles. The second-order valence-electron chi connectivity index (χ2n) is 4.16. The summed E-state index contributed by atoms with van der Waals surface area (Å²) in [6.07, 6.45) is 5.28. The lowest BCUT2D eigenvalue weighted by molar-refractivity contribution is -0.107. The van der Waals surface area contributed by atoms with E-state index in [1.54, 1.807) is 0 Å². The summed E-state index contributed by atoms with van der Waals surface area (Å²) in [6.45, 7) is 6.05. The Bertz CT molecular complexity index is 153. The average molecular weight is 198 g/mol. The first-order valence-corrected chi connectivity index (χ1v) is 5.67. The molecule has 1 fully saturated rings. The van der Waals surface area contributed by atoms with Gasteiger partial charge in [0, 0.05) is 32.6 Å². The molecule has 0 amide bonds. The van der Waals surface area contributed by atoms with Crippen LogP contribution in [0, 0.1) is 0 Å². The predicted octanol–water partition coefficient (Wildman–Crippen LogP) is 0.993. The maximum absolute atomic E-state index is 10.1. The van der Waals surface area contributed by atoms with E-state index in [1.165, 1.54) is 45.6 Å². The number of nitrogens with zero attached hydrogens (tertiary/aromatic N) is 2. The largest absolute Gasteiger partial charge is 0.304 e. The third-order valence-electron chi connectivity index (χ3n) is 2.89. The molecule has 1 heterocycles. The van der Waals surface area contributed by atoms with Gasteiger partial charge in [-0.05, 0) is 26.4 Å². The molecule has 1 rings (SSSR count). The Balaban J connectivity index is 1.93. The molecule has 1 aliphatic rings. The minimum atomic E-state index is 0.739. The van der Waals surface area contributed by atoms with Crippen molar-refractivity contribution in [1.82, 2.24) is 9.80 Å². The van der Waals surface area contributed by atoms with Crippen molar-refractivity contribution in [1.29, 1.82) is 0 Å². The fourth-order valence-electron chi connectivity index (χ4n) is 1.81. The highest BCUT2D eigenvalue weighted by Crippen LogP contribution is 2.03. The Morgan fingerprint density at radius 1 is 1.07 bits per heavy atom. The Morgan fingerprint density at radius 2 is 1.79 bits per heavy atom. The minimum Gasteiger partial charge on any atom is -0.304 e. The van der Waals surface area contributed by atoms with E-state index in [0.717, 1.165) is 19.1 Å². The van der Waals surface area contributed by atoms with E-state index in [9.17, 15) is 4.79 Å². The molecule has 0 unspecified atom stereocenters. The number of unbranched alkanes of at least 4 members (excludes halogenated alkanes) is 3. The van der Waals surface area contributed by atoms with E-state index in [2.05, 4.69) is 16.8 Å². The van der Waals surface area contributed by atoms with Gasteiger partial charge < -0.3 is 14.6 Å². The number of hydrogen-bond acceptors (Lipinski definition) is 3. The SMILES string of the molecule is CN1CCN(CCCCCC=O)CC1. The zero-order chi connectivity index (χ0) is 10.2. The monoisotopic (exact) mass is 198 g/mol. The summed E-state index contributed by atoms with van der Waals surface area (Å²) in [4.78, 5) is 15.0. The summed E-state index contributed by atoms with van der Waals surface area (Å²) < 4.78 is 0. The maximum atomic E-state index is 10.1. The Kier molecular flexibility index (Phi) is 5.80. The van der Waals surface area contributed by atoms with Crippen LogP contribution in [0.4, 0.5) is 0 Å². The molecule has 3 heteroatoms. The number of carbonyl (C=O) groups excluding carboxylic acids is 1. The predicted molar refractivity (Wildman–Crippen MR) is 58.5 cm³/mol. The Hall–Kier alpha value is -0.410. The summed E-state index contributed by atoms with van der Waals surface area (Å²) in [5.41, 5.74) is 0. The van der Waals surface area contributed by atoms with Crippen molar-refractivity contribution in [3.05, 3.63) is 0 Å². The van der Waals surface area contributed by atoms with Crippen LogP contribution in [-0.2, 0) is 4.79 Å². The normalized spacial score (nSPS) is 19.8. The second-order valence-corrected chi connectivity index (χ2v) is 4.16. The van der Waals surface area contributed by atoms with Gasteiger partial charge in [-0.1, -0.05) is 6.42 Å². The van der Waals surface area contributed by atoms with Gasteiger partial charge in [0.05, 0.1) is 0 Å². The van der Waals surface area contributed by atoms with Gasteiger partial charge in [-0.25, -0.2) is 0 Å². The molecule has 82 valence electrons. The lowest BCUT2D eigenvalue weighted by Gasteiger charge is -2.32. The average Bonchev–Trinajstić information content (AvgIpc) is 2.21. The molecule has 0 aromatic rings. The van der Waals surface area contributed by atoms with Crippen LogP contribution in [0.5, 0.6) is 0 Å². The lowest BCUT2D eigenvalue weighted by atomic mass is 10.2. The van der Waals surface area contributed by atoms with Crippen LogP contribution in [0.15, 0.2) is 0 Å². The fraction of sp³-hybridized carbons (Fsp3) is 0.909. The molecule has 0 spiro atoms.